The van der Waals surface area contributed by atoms with Gasteiger partial charge in [-0.05, 0) is 42.5 Å². The first-order valence-electron chi connectivity index (χ1n) is 8.04. The van der Waals surface area contributed by atoms with Gasteiger partial charge in [-0.2, -0.15) is 5.10 Å². The number of anilines is 1. The molecule has 7 heteroatoms. The Hall–Kier alpha value is -2.67. The maximum absolute atomic E-state index is 13.2. The van der Waals surface area contributed by atoms with Crippen molar-refractivity contribution in [3.63, 3.8) is 0 Å². The fraction of sp³-hybridized carbons (Fsp3) is 0.158. The first-order chi connectivity index (χ1) is 12.6. The van der Waals surface area contributed by atoms with Crippen molar-refractivity contribution < 1.29 is 13.9 Å². The second-order valence-corrected chi connectivity index (χ2v) is 6.94. The van der Waals surface area contributed by atoms with E-state index in [-0.39, 0.29) is 17.6 Å². The van der Waals surface area contributed by atoms with Gasteiger partial charge in [-0.3, -0.25) is 4.79 Å². The SMILES string of the molecule is COc1ccc(Br)cc1[C@@H]1CC(=O)Nc2c1cnn2-c1ccc(F)cc1. The van der Waals surface area contributed by atoms with Crippen LogP contribution in [-0.2, 0) is 4.79 Å². The van der Waals surface area contributed by atoms with Crippen molar-refractivity contribution in [2.24, 2.45) is 0 Å². The van der Waals surface area contributed by atoms with Crippen LogP contribution in [0.15, 0.2) is 53.1 Å². The molecular formula is C19H15BrFN3O2. The van der Waals surface area contributed by atoms with Gasteiger partial charge in [-0.25, -0.2) is 9.07 Å². The highest BCUT2D eigenvalue weighted by molar-refractivity contribution is 9.10. The molecule has 1 atom stereocenters. The van der Waals surface area contributed by atoms with Gasteiger partial charge in [0.25, 0.3) is 0 Å². The Labute approximate surface area is 157 Å². The van der Waals surface area contributed by atoms with Crippen molar-refractivity contribution in [2.75, 3.05) is 12.4 Å². The summed E-state index contributed by atoms with van der Waals surface area (Å²) < 4.78 is 21.2. The molecule has 1 aliphatic heterocycles. The lowest BCUT2D eigenvalue weighted by Gasteiger charge is -2.25. The first kappa shape index (κ1) is 16.8. The molecule has 0 unspecified atom stereocenters. The summed E-state index contributed by atoms with van der Waals surface area (Å²) in [6.07, 6.45) is 2.04. The molecule has 0 saturated carbocycles. The summed E-state index contributed by atoms with van der Waals surface area (Å²) in [5, 5.41) is 7.30. The number of benzene rings is 2. The normalized spacial score (nSPS) is 16.1. The Kier molecular flexibility index (Phi) is 4.24. The third-order valence-electron chi connectivity index (χ3n) is 4.46. The predicted octanol–water partition coefficient (Wildman–Crippen LogP) is 4.26. The van der Waals surface area contributed by atoms with Crippen LogP contribution in [0.5, 0.6) is 5.75 Å². The number of carbonyl (C=O) groups is 1. The summed E-state index contributed by atoms with van der Waals surface area (Å²) in [5.41, 5.74) is 2.48. The maximum atomic E-state index is 13.2. The number of nitrogens with zero attached hydrogens (tertiary/aromatic N) is 2. The van der Waals surface area contributed by atoms with Crippen molar-refractivity contribution in [3.05, 3.63) is 70.1 Å². The zero-order valence-electron chi connectivity index (χ0n) is 13.9. The van der Waals surface area contributed by atoms with E-state index < -0.39 is 0 Å². The Morgan fingerprint density at radius 2 is 2.00 bits per heavy atom. The van der Waals surface area contributed by atoms with Crippen LogP contribution in [0.3, 0.4) is 0 Å². The number of rotatable bonds is 3. The highest BCUT2D eigenvalue weighted by atomic mass is 79.9. The van der Waals surface area contributed by atoms with Crippen LogP contribution in [-0.4, -0.2) is 22.8 Å². The number of hydrogen-bond acceptors (Lipinski definition) is 3. The molecule has 26 heavy (non-hydrogen) atoms. The largest absolute Gasteiger partial charge is 0.496 e. The lowest BCUT2D eigenvalue weighted by molar-refractivity contribution is -0.116. The average Bonchev–Trinajstić information content (AvgIpc) is 3.05. The minimum Gasteiger partial charge on any atom is -0.496 e. The van der Waals surface area contributed by atoms with E-state index in [1.807, 2.05) is 18.2 Å². The third-order valence-corrected chi connectivity index (χ3v) is 4.95. The van der Waals surface area contributed by atoms with Gasteiger partial charge in [0.15, 0.2) is 0 Å². The van der Waals surface area contributed by atoms with Gasteiger partial charge in [0, 0.05) is 27.9 Å². The first-order valence-corrected chi connectivity index (χ1v) is 8.83. The molecule has 132 valence electrons. The zero-order valence-corrected chi connectivity index (χ0v) is 15.5. The van der Waals surface area contributed by atoms with Crippen molar-refractivity contribution in [1.82, 2.24) is 9.78 Å². The number of methoxy groups -OCH3 is 1. The minimum absolute atomic E-state index is 0.103. The number of halogens is 2. The number of fused-ring (bicyclic) bond motifs is 1. The molecular weight excluding hydrogens is 401 g/mol. The fourth-order valence-corrected chi connectivity index (χ4v) is 3.63. The van der Waals surface area contributed by atoms with Crippen molar-refractivity contribution in [1.29, 1.82) is 0 Å². The topological polar surface area (TPSA) is 56.1 Å². The van der Waals surface area contributed by atoms with Gasteiger partial charge >= 0.3 is 0 Å². The van der Waals surface area contributed by atoms with E-state index in [2.05, 4.69) is 26.3 Å². The molecule has 1 aliphatic rings. The van der Waals surface area contributed by atoms with Gasteiger partial charge in [0.05, 0.1) is 19.0 Å². The van der Waals surface area contributed by atoms with Crippen LogP contribution < -0.4 is 10.1 Å². The third kappa shape index (κ3) is 2.88. The van der Waals surface area contributed by atoms with E-state index in [1.165, 1.54) is 12.1 Å². The number of nitrogens with one attached hydrogen (secondary N) is 1. The molecule has 1 N–H and O–H groups in total. The standard InChI is InChI=1S/C19H15BrFN3O2/c1-26-17-7-2-11(20)8-15(17)14-9-18(25)23-19-16(14)10-22-24(19)13-5-3-12(21)4-6-13/h2-8,10,14H,9H2,1H3,(H,23,25)/t14-/m0/s1. The van der Waals surface area contributed by atoms with Gasteiger partial charge < -0.3 is 10.1 Å². The predicted molar refractivity (Wildman–Crippen MR) is 99.3 cm³/mol. The van der Waals surface area contributed by atoms with Crippen LogP contribution in [0.25, 0.3) is 5.69 Å². The van der Waals surface area contributed by atoms with E-state index in [4.69, 9.17) is 4.74 Å². The highest BCUT2D eigenvalue weighted by Gasteiger charge is 2.32. The molecule has 4 rings (SSSR count). The lowest BCUT2D eigenvalue weighted by atomic mass is 9.87. The van der Waals surface area contributed by atoms with E-state index in [9.17, 15) is 9.18 Å². The molecule has 3 aromatic rings. The van der Waals surface area contributed by atoms with Gasteiger partial charge in [0.2, 0.25) is 5.91 Å². The molecule has 0 saturated heterocycles. The lowest BCUT2D eigenvalue weighted by Crippen LogP contribution is -2.24. The molecule has 0 aliphatic carbocycles. The van der Waals surface area contributed by atoms with Gasteiger partial charge in [-0.1, -0.05) is 15.9 Å². The van der Waals surface area contributed by atoms with Gasteiger partial charge in [0.1, 0.15) is 17.4 Å². The average molecular weight is 416 g/mol. The molecule has 1 amide bonds. The van der Waals surface area contributed by atoms with Crippen LogP contribution in [0, 0.1) is 5.82 Å². The Bertz CT molecular complexity index is 985. The summed E-state index contributed by atoms with van der Waals surface area (Å²) in [5.74, 6) is 0.706. The second kappa shape index (κ2) is 6.57. The summed E-state index contributed by atoms with van der Waals surface area (Å²) in [7, 11) is 1.61. The van der Waals surface area contributed by atoms with Crippen LogP contribution in [0.1, 0.15) is 23.5 Å². The molecule has 0 bridgehead atoms. The highest BCUT2D eigenvalue weighted by Crippen LogP contribution is 2.42. The smallest absolute Gasteiger partial charge is 0.226 e. The fourth-order valence-electron chi connectivity index (χ4n) is 3.25. The van der Waals surface area contributed by atoms with E-state index >= 15 is 0 Å². The van der Waals surface area contributed by atoms with E-state index in [0.29, 0.717) is 23.7 Å². The number of aromatic nitrogens is 2. The van der Waals surface area contributed by atoms with Crippen LogP contribution >= 0.6 is 15.9 Å². The Morgan fingerprint density at radius 3 is 2.73 bits per heavy atom. The van der Waals surface area contributed by atoms with Crippen LogP contribution in [0.2, 0.25) is 0 Å². The van der Waals surface area contributed by atoms with E-state index in [1.54, 1.807) is 30.1 Å². The van der Waals surface area contributed by atoms with Gasteiger partial charge in [-0.15, -0.1) is 0 Å². The number of amides is 1. The maximum Gasteiger partial charge on any atom is 0.226 e. The van der Waals surface area contributed by atoms with E-state index in [0.717, 1.165) is 15.6 Å². The minimum atomic E-state index is -0.324. The second-order valence-electron chi connectivity index (χ2n) is 6.03. The summed E-state index contributed by atoms with van der Waals surface area (Å²) in [4.78, 5) is 12.4. The number of ether oxygens (including phenoxy) is 1. The zero-order chi connectivity index (χ0) is 18.3. The molecule has 2 aromatic carbocycles. The molecule has 0 radical (unpaired) electrons. The van der Waals surface area contributed by atoms with Crippen LogP contribution in [0.4, 0.5) is 10.2 Å². The summed E-state index contributed by atoms with van der Waals surface area (Å²) >= 11 is 3.48. The summed E-state index contributed by atoms with van der Waals surface area (Å²) in [6, 6.07) is 11.7. The molecule has 0 fully saturated rings. The Balaban J connectivity index is 1.84. The molecule has 5 nitrogen and oxygen atoms in total. The summed E-state index contributed by atoms with van der Waals surface area (Å²) in [6.45, 7) is 0. The van der Waals surface area contributed by atoms with Crippen molar-refractivity contribution in [2.45, 2.75) is 12.3 Å². The monoisotopic (exact) mass is 415 g/mol. The molecule has 1 aromatic heterocycles. The number of hydrogen-bond donors (Lipinski definition) is 1. The quantitative estimate of drug-likeness (QED) is 0.695. The molecule has 0 spiro atoms. The van der Waals surface area contributed by atoms with Crippen molar-refractivity contribution in [3.8, 4) is 11.4 Å². The number of carbonyl (C=O) groups excluding carboxylic acids is 1. The Morgan fingerprint density at radius 1 is 1.23 bits per heavy atom. The molecule has 2 heterocycles. The van der Waals surface area contributed by atoms with Crippen molar-refractivity contribution >= 4 is 27.7 Å².